The van der Waals surface area contributed by atoms with E-state index in [1.165, 1.54) is 9.80 Å². The molecule has 0 aromatic rings. The summed E-state index contributed by atoms with van der Waals surface area (Å²) in [5.41, 5.74) is 0. The first-order chi connectivity index (χ1) is 9.01. The predicted molar refractivity (Wildman–Crippen MR) is 71.0 cm³/mol. The van der Waals surface area contributed by atoms with Crippen LogP contribution >= 0.6 is 0 Å². The van der Waals surface area contributed by atoms with Crippen LogP contribution in [-0.2, 0) is 9.53 Å². The molecule has 19 heavy (non-hydrogen) atoms. The Bertz CT molecular complexity index is 322. The molecule has 6 heteroatoms. The monoisotopic (exact) mass is 272 g/mol. The Morgan fingerprint density at radius 3 is 2.68 bits per heavy atom. The number of ether oxygens (including phenoxy) is 1. The van der Waals surface area contributed by atoms with Crippen LogP contribution in [0.5, 0.6) is 0 Å². The Morgan fingerprint density at radius 1 is 1.47 bits per heavy atom. The molecular formula is C13H24N2O4. The standard InChI is InChI=1S/C13H24N2O4/c1-4-10-5-6-15(11(9-10)12(16)17)13(18)14(2)7-8-19-3/h10-11H,4-9H2,1-3H3,(H,16,17). The normalized spacial score (nSPS) is 23.2. The van der Waals surface area contributed by atoms with E-state index >= 15 is 0 Å². The summed E-state index contributed by atoms with van der Waals surface area (Å²) in [7, 11) is 3.25. The van der Waals surface area contributed by atoms with Crippen molar-refractivity contribution >= 4 is 12.0 Å². The number of carboxylic acids is 1. The van der Waals surface area contributed by atoms with Gasteiger partial charge in [-0.25, -0.2) is 9.59 Å². The molecule has 0 aromatic carbocycles. The zero-order valence-electron chi connectivity index (χ0n) is 12.0. The maximum Gasteiger partial charge on any atom is 0.326 e. The second-order valence-electron chi connectivity index (χ2n) is 5.04. The highest BCUT2D eigenvalue weighted by molar-refractivity contribution is 5.82. The number of carbonyl (C=O) groups excluding carboxylic acids is 1. The van der Waals surface area contributed by atoms with Crippen molar-refractivity contribution in [3.05, 3.63) is 0 Å². The van der Waals surface area contributed by atoms with Crippen molar-refractivity contribution in [2.75, 3.05) is 33.9 Å². The number of aliphatic carboxylic acids is 1. The van der Waals surface area contributed by atoms with Gasteiger partial charge in [0.25, 0.3) is 0 Å². The van der Waals surface area contributed by atoms with Gasteiger partial charge in [-0.1, -0.05) is 13.3 Å². The van der Waals surface area contributed by atoms with Gasteiger partial charge < -0.3 is 19.6 Å². The second-order valence-corrected chi connectivity index (χ2v) is 5.04. The molecule has 1 aliphatic rings. The predicted octanol–water partition coefficient (Wildman–Crippen LogP) is 1.26. The van der Waals surface area contributed by atoms with Gasteiger partial charge in [-0.3, -0.25) is 0 Å². The molecule has 0 spiro atoms. The van der Waals surface area contributed by atoms with E-state index in [4.69, 9.17) is 4.74 Å². The molecule has 1 aliphatic heterocycles. The Kier molecular flexibility index (Phi) is 6.08. The van der Waals surface area contributed by atoms with Crippen LogP contribution in [0.4, 0.5) is 4.79 Å². The van der Waals surface area contributed by atoms with Gasteiger partial charge >= 0.3 is 12.0 Å². The van der Waals surface area contributed by atoms with Crippen molar-refractivity contribution in [3.63, 3.8) is 0 Å². The van der Waals surface area contributed by atoms with Gasteiger partial charge in [-0.15, -0.1) is 0 Å². The van der Waals surface area contributed by atoms with E-state index in [1.54, 1.807) is 14.2 Å². The second kappa shape index (κ2) is 7.33. The van der Waals surface area contributed by atoms with Crippen LogP contribution in [0.2, 0.25) is 0 Å². The minimum absolute atomic E-state index is 0.223. The smallest absolute Gasteiger partial charge is 0.326 e. The van der Waals surface area contributed by atoms with Crippen molar-refractivity contribution < 1.29 is 19.4 Å². The van der Waals surface area contributed by atoms with Gasteiger partial charge in [0.15, 0.2) is 0 Å². The van der Waals surface area contributed by atoms with Crippen LogP contribution in [-0.4, -0.2) is 66.8 Å². The fraction of sp³-hybridized carbons (Fsp3) is 0.846. The van der Waals surface area contributed by atoms with Crippen LogP contribution in [0.25, 0.3) is 0 Å². The number of piperidine rings is 1. The third-order valence-electron chi connectivity index (χ3n) is 3.78. The third-order valence-corrected chi connectivity index (χ3v) is 3.78. The quantitative estimate of drug-likeness (QED) is 0.818. The molecule has 110 valence electrons. The summed E-state index contributed by atoms with van der Waals surface area (Å²) in [4.78, 5) is 26.6. The molecule has 0 saturated carbocycles. The first kappa shape index (κ1) is 15.8. The van der Waals surface area contributed by atoms with Crippen LogP contribution in [0, 0.1) is 5.92 Å². The van der Waals surface area contributed by atoms with E-state index in [-0.39, 0.29) is 6.03 Å². The SMILES string of the molecule is CCC1CCN(C(=O)N(C)CCOC)C(C(=O)O)C1. The zero-order valence-corrected chi connectivity index (χ0v) is 12.0. The van der Waals surface area contributed by atoms with E-state index < -0.39 is 12.0 Å². The summed E-state index contributed by atoms with van der Waals surface area (Å²) in [6.07, 6.45) is 2.39. The summed E-state index contributed by atoms with van der Waals surface area (Å²) in [5, 5.41) is 9.29. The maximum absolute atomic E-state index is 12.2. The largest absolute Gasteiger partial charge is 0.480 e. The van der Waals surface area contributed by atoms with Crippen LogP contribution in [0.1, 0.15) is 26.2 Å². The fourth-order valence-corrected chi connectivity index (χ4v) is 2.42. The molecule has 2 amide bonds. The van der Waals surface area contributed by atoms with Crippen molar-refractivity contribution in [1.82, 2.24) is 9.80 Å². The van der Waals surface area contributed by atoms with Gasteiger partial charge in [0.1, 0.15) is 6.04 Å². The number of hydrogen-bond donors (Lipinski definition) is 1. The summed E-state index contributed by atoms with van der Waals surface area (Å²) in [6, 6.07) is -0.921. The van der Waals surface area contributed by atoms with Gasteiger partial charge in [0.2, 0.25) is 0 Å². The van der Waals surface area contributed by atoms with E-state index in [2.05, 4.69) is 6.92 Å². The molecule has 0 aromatic heterocycles. The minimum Gasteiger partial charge on any atom is -0.480 e. The van der Waals surface area contributed by atoms with E-state index in [9.17, 15) is 14.7 Å². The number of likely N-dealkylation sites (tertiary alicyclic amines) is 1. The molecule has 1 saturated heterocycles. The number of nitrogens with zero attached hydrogens (tertiary/aromatic N) is 2. The molecule has 2 atom stereocenters. The van der Waals surface area contributed by atoms with Gasteiger partial charge in [0.05, 0.1) is 6.61 Å². The van der Waals surface area contributed by atoms with Gasteiger partial charge in [-0.05, 0) is 18.8 Å². The highest BCUT2D eigenvalue weighted by Gasteiger charge is 2.36. The van der Waals surface area contributed by atoms with E-state index in [0.717, 1.165) is 12.8 Å². The Hall–Kier alpha value is -1.30. The lowest BCUT2D eigenvalue weighted by Gasteiger charge is -2.38. The number of rotatable bonds is 5. The summed E-state index contributed by atoms with van der Waals surface area (Å²) >= 11 is 0. The summed E-state index contributed by atoms with van der Waals surface area (Å²) in [6.45, 7) is 3.50. The highest BCUT2D eigenvalue weighted by atomic mass is 16.5. The molecule has 1 heterocycles. The van der Waals surface area contributed by atoms with Crippen molar-refractivity contribution in [2.45, 2.75) is 32.2 Å². The lowest BCUT2D eigenvalue weighted by Crippen LogP contribution is -2.54. The number of methoxy groups -OCH3 is 1. The lowest BCUT2D eigenvalue weighted by molar-refractivity contribution is -0.144. The number of amides is 2. The van der Waals surface area contributed by atoms with Crippen LogP contribution in [0.15, 0.2) is 0 Å². The minimum atomic E-state index is -0.911. The highest BCUT2D eigenvalue weighted by Crippen LogP contribution is 2.26. The van der Waals surface area contributed by atoms with Gasteiger partial charge in [0, 0.05) is 27.2 Å². The molecule has 0 radical (unpaired) electrons. The Balaban J connectivity index is 2.68. The van der Waals surface area contributed by atoms with Gasteiger partial charge in [-0.2, -0.15) is 0 Å². The first-order valence-corrected chi connectivity index (χ1v) is 6.74. The maximum atomic E-state index is 12.2. The van der Waals surface area contributed by atoms with Crippen molar-refractivity contribution in [1.29, 1.82) is 0 Å². The summed E-state index contributed by atoms with van der Waals surface area (Å²) < 4.78 is 4.93. The zero-order chi connectivity index (χ0) is 14.4. The molecule has 6 nitrogen and oxygen atoms in total. The van der Waals surface area contributed by atoms with Crippen molar-refractivity contribution in [2.24, 2.45) is 5.92 Å². The molecule has 1 N–H and O–H groups in total. The molecule has 1 fully saturated rings. The van der Waals surface area contributed by atoms with E-state index in [1.807, 2.05) is 0 Å². The number of carboxylic acid groups (broad SMARTS) is 1. The Morgan fingerprint density at radius 2 is 2.16 bits per heavy atom. The number of carbonyl (C=O) groups is 2. The average molecular weight is 272 g/mol. The first-order valence-electron chi connectivity index (χ1n) is 6.74. The summed E-state index contributed by atoms with van der Waals surface area (Å²) in [5.74, 6) is -0.513. The number of likely N-dealkylation sites (N-methyl/N-ethyl adjacent to an activating group) is 1. The lowest BCUT2D eigenvalue weighted by atomic mass is 9.89. The van der Waals surface area contributed by atoms with Crippen LogP contribution in [0.3, 0.4) is 0 Å². The topological polar surface area (TPSA) is 70.1 Å². The fourth-order valence-electron chi connectivity index (χ4n) is 2.42. The average Bonchev–Trinajstić information content (AvgIpc) is 2.43. The number of urea groups is 1. The van der Waals surface area contributed by atoms with E-state index in [0.29, 0.717) is 32.0 Å². The number of hydrogen-bond acceptors (Lipinski definition) is 3. The molecule has 1 rings (SSSR count). The Labute approximate surface area is 114 Å². The molecule has 2 unspecified atom stereocenters. The molecule has 0 aliphatic carbocycles. The third kappa shape index (κ3) is 4.09. The van der Waals surface area contributed by atoms with Crippen molar-refractivity contribution in [3.8, 4) is 0 Å². The molecular weight excluding hydrogens is 248 g/mol. The molecule has 0 bridgehead atoms. The van der Waals surface area contributed by atoms with Crippen LogP contribution < -0.4 is 0 Å².